The van der Waals surface area contributed by atoms with Gasteiger partial charge in [0, 0.05) is 12.0 Å². The highest BCUT2D eigenvalue weighted by molar-refractivity contribution is 5.76. The molecule has 1 aromatic carbocycles. The van der Waals surface area contributed by atoms with Gasteiger partial charge in [0.1, 0.15) is 11.5 Å². The average Bonchev–Trinajstić information content (AvgIpc) is 2.24. The van der Waals surface area contributed by atoms with Crippen molar-refractivity contribution in [2.24, 2.45) is 0 Å². The summed E-state index contributed by atoms with van der Waals surface area (Å²) >= 11 is 0. The lowest BCUT2D eigenvalue weighted by atomic mass is 9.92. The van der Waals surface area contributed by atoms with Crippen LogP contribution in [0.5, 0.6) is 5.75 Å². The number of rotatable bonds is 4. The standard InChI is InChI=1S/C12H13F3O2/c1-8(16)7-10(12(13,14)15)9-5-3-4-6-11(9)17-2/h3-6,10H,7H2,1-2H3. The molecule has 0 radical (unpaired) electrons. The zero-order chi connectivity index (χ0) is 13.1. The Morgan fingerprint density at radius 1 is 1.35 bits per heavy atom. The van der Waals surface area contributed by atoms with E-state index in [2.05, 4.69) is 0 Å². The van der Waals surface area contributed by atoms with Crippen molar-refractivity contribution >= 4 is 5.78 Å². The van der Waals surface area contributed by atoms with E-state index >= 15 is 0 Å². The van der Waals surface area contributed by atoms with Crippen LogP contribution in [-0.2, 0) is 4.79 Å². The fraction of sp³-hybridized carbons (Fsp3) is 0.417. The minimum atomic E-state index is -4.46. The third kappa shape index (κ3) is 3.47. The monoisotopic (exact) mass is 246 g/mol. The van der Waals surface area contributed by atoms with Crippen molar-refractivity contribution in [3.63, 3.8) is 0 Å². The normalized spacial score (nSPS) is 13.2. The lowest BCUT2D eigenvalue weighted by molar-refractivity contribution is -0.156. The second kappa shape index (κ2) is 5.21. The van der Waals surface area contributed by atoms with Crippen LogP contribution in [0.1, 0.15) is 24.8 Å². The van der Waals surface area contributed by atoms with Crippen molar-refractivity contribution in [2.45, 2.75) is 25.4 Å². The summed E-state index contributed by atoms with van der Waals surface area (Å²) < 4.78 is 43.5. The van der Waals surface area contributed by atoms with Gasteiger partial charge in [-0.3, -0.25) is 0 Å². The fourth-order valence-electron chi connectivity index (χ4n) is 1.64. The molecule has 1 rings (SSSR count). The number of carbonyl (C=O) groups is 1. The van der Waals surface area contributed by atoms with Crippen LogP contribution in [-0.4, -0.2) is 19.1 Å². The molecule has 0 aliphatic carbocycles. The molecule has 1 atom stereocenters. The number of methoxy groups -OCH3 is 1. The highest BCUT2D eigenvalue weighted by Gasteiger charge is 2.42. The largest absolute Gasteiger partial charge is 0.496 e. The molecule has 0 heterocycles. The summed E-state index contributed by atoms with van der Waals surface area (Å²) in [5, 5.41) is 0. The molecule has 0 fully saturated rings. The summed E-state index contributed by atoms with van der Waals surface area (Å²) in [7, 11) is 1.31. The van der Waals surface area contributed by atoms with Crippen LogP contribution in [0.3, 0.4) is 0 Å². The zero-order valence-corrected chi connectivity index (χ0v) is 9.54. The van der Waals surface area contributed by atoms with Crippen molar-refractivity contribution in [3.05, 3.63) is 29.8 Å². The Labute approximate surface area is 97.4 Å². The molecule has 0 saturated carbocycles. The fourth-order valence-corrected chi connectivity index (χ4v) is 1.64. The van der Waals surface area contributed by atoms with Gasteiger partial charge in [-0.2, -0.15) is 13.2 Å². The number of ketones is 1. The van der Waals surface area contributed by atoms with Gasteiger partial charge in [0.2, 0.25) is 0 Å². The van der Waals surface area contributed by atoms with Crippen molar-refractivity contribution < 1.29 is 22.7 Å². The van der Waals surface area contributed by atoms with Crippen molar-refractivity contribution in [3.8, 4) is 5.75 Å². The molecule has 0 aliphatic rings. The van der Waals surface area contributed by atoms with Gasteiger partial charge in [-0.05, 0) is 13.0 Å². The van der Waals surface area contributed by atoms with Crippen LogP contribution in [0.2, 0.25) is 0 Å². The summed E-state index contributed by atoms with van der Waals surface area (Å²) in [5.74, 6) is -2.16. The van der Waals surface area contributed by atoms with Crippen molar-refractivity contribution in [1.82, 2.24) is 0 Å². The number of hydrogen-bond acceptors (Lipinski definition) is 2. The Hall–Kier alpha value is -1.52. The first-order valence-corrected chi connectivity index (χ1v) is 5.05. The maximum atomic E-state index is 12.9. The van der Waals surface area contributed by atoms with Gasteiger partial charge in [0.05, 0.1) is 13.0 Å². The molecule has 1 aromatic rings. The molecule has 0 saturated heterocycles. The molecular weight excluding hydrogens is 233 g/mol. The molecule has 0 aliphatic heterocycles. The topological polar surface area (TPSA) is 26.3 Å². The van der Waals surface area contributed by atoms with Crippen LogP contribution in [0.25, 0.3) is 0 Å². The van der Waals surface area contributed by atoms with Gasteiger partial charge in [0.15, 0.2) is 0 Å². The highest BCUT2D eigenvalue weighted by Crippen LogP contribution is 2.41. The van der Waals surface area contributed by atoms with E-state index in [1.165, 1.54) is 25.3 Å². The Morgan fingerprint density at radius 2 is 1.94 bits per heavy atom. The van der Waals surface area contributed by atoms with Crippen molar-refractivity contribution in [2.75, 3.05) is 7.11 Å². The predicted molar refractivity (Wildman–Crippen MR) is 57.1 cm³/mol. The van der Waals surface area contributed by atoms with Crippen LogP contribution in [0.4, 0.5) is 13.2 Å². The number of para-hydroxylation sites is 1. The number of benzene rings is 1. The first-order valence-electron chi connectivity index (χ1n) is 5.05. The second-order valence-corrected chi connectivity index (χ2v) is 3.74. The van der Waals surface area contributed by atoms with Gasteiger partial charge in [-0.15, -0.1) is 0 Å². The Kier molecular flexibility index (Phi) is 4.15. The first-order chi connectivity index (χ1) is 7.86. The van der Waals surface area contributed by atoms with E-state index in [0.717, 1.165) is 6.92 Å². The van der Waals surface area contributed by atoms with Gasteiger partial charge in [-0.1, -0.05) is 18.2 Å². The van der Waals surface area contributed by atoms with E-state index in [0.29, 0.717) is 0 Å². The maximum absolute atomic E-state index is 12.9. The maximum Gasteiger partial charge on any atom is 0.396 e. The molecule has 1 unspecified atom stereocenters. The van der Waals surface area contributed by atoms with Gasteiger partial charge in [0.25, 0.3) is 0 Å². The van der Waals surface area contributed by atoms with E-state index in [4.69, 9.17) is 4.74 Å². The van der Waals surface area contributed by atoms with E-state index in [-0.39, 0.29) is 11.3 Å². The number of ether oxygens (including phenoxy) is 1. The molecular formula is C12H13F3O2. The quantitative estimate of drug-likeness (QED) is 0.814. The minimum Gasteiger partial charge on any atom is -0.496 e. The van der Waals surface area contributed by atoms with E-state index in [9.17, 15) is 18.0 Å². The van der Waals surface area contributed by atoms with Crippen molar-refractivity contribution in [1.29, 1.82) is 0 Å². The average molecular weight is 246 g/mol. The summed E-state index contributed by atoms with van der Waals surface area (Å²) in [6, 6.07) is 5.87. The predicted octanol–water partition coefficient (Wildman–Crippen LogP) is 3.32. The summed E-state index contributed by atoms with van der Waals surface area (Å²) in [6.45, 7) is 1.15. The number of Topliss-reactive ketones (excluding diaryl/α,β-unsaturated/α-hetero) is 1. The Morgan fingerprint density at radius 3 is 2.41 bits per heavy atom. The molecule has 17 heavy (non-hydrogen) atoms. The lowest BCUT2D eigenvalue weighted by Crippen LogP contribution is -2.23. The Bertz CT molecular complexity index is 399. The first kappa shape index (κ1) is 13.5. The SMILES string of the molecule is COc1ccccc1C(CC(C)=O)C(F)(F)F. The minimum absolute atomic E-state index is 0.00213. The van der Waals surface area contributed by atoms with E-state index in [1.54, 1.807) is 6.07 Å². The second-order valence-electron chi connectivity index (χ2n) is 3.74. The molecule has 94 valence electrons. The van der Waals surface area contributed by atoms with Gasteiger partial charge < -0.3 is 9.53 Å². The molecule has 0 N–H and O–H groups in total. The van der Waals surface area contributed by atoms with E-state index < -0.39 is 24.3 Å². The molecule has 0 amide bonds. The third-order valence-electron chi connectivity index (χ3n) is 2.40. The third-order valence-corrected chi connectivity index (χ3v) is 2.40. The molecule has 5 heteroatoms. The van der Waals surface area contributed by atoms with Crippen LogP contribution >= 0.6 is 0 Å². The summed E-state index contributed by atoms with van der Waals surface area (Å²) in [6.07, 6.45) is -5.02. The lowest BCUT2D eigenvalue weighted by Gasteiger charge is -2.21. The van der Waals surface area contributed by atoms with Crippen LogP contribution < -0.4 is 4.74 Å². The Balaban J connectivity index is 3.17. The molecule has 0 spiro atoms. The molecule has 0 aromatic heterocycles. The molecule has 2 nitrogen and oxygen atoms in total. The van der Waals surface area contributed by atoms with Crippen LogP contribution in [0.15, 0.2) is 24.3 Å². The van der Waals surface area contributed by atoms with Crippen LogP contribution in [0, 0.1) is 0 Å². The zero-order valence-electron chi connectivity index (χ0n) is 9.54. The number of hydrogen-bond donors (Lipinski definition) is 0. The number of alkyl halides is 3. The number of carbonyl (C=O) groups excluding carboxylic acids is 1. The summed E-state index contributed by atoms with van der Waals surface area (Å²) in [4.78, 5) is 10.9. The van der Waals surface area contributed by atoms with E-state index in [1.807, 2.05) is 0 Å². The highest BCUT2D eigenvalue weighted by atomic mass is 19.4. The molecule has 0 bridgehead atoms. The summed E-state index contributed by atoms with van der Waals surface area (Å²) in [5.41, 5.74) is -0.00213. The number of halogens is 3. The smallest absolute Gasteiger partial charge is 0.396 e. The van der Waals surface area contributed by atoms with Gasteiger partial charge >= 0.3 is 6.18 Å². The van der Waals surface area contributed by atoms with Gasteiger partial charge in [-0.25, -0.2) is 0 Å².